The first-order valence-corrected chi connectivity index (χ1v) is 9.73. The molecule has 1 aromatic heterocycles. The van der Waals surface area contributed by atoms with Crippen LogP contribution in [0, 0.1) is 5.95 Å². The Balaban J connectivity index is 1.96. The van der Waals surface area contributed by atoms with Crippen molar-refractivity contribution in [1.82, 2.24) is 15.0 Å². The Morgan fingerprint density at radius 1 is 1.00 bits per heavy atom. The molecule has 26 heavy (non-hydrogen) atoms. The molecule has 0 radical (unpaired) electrons. The Kier molecular flexibility index (Phi) is 4.73. The van der Waals surface area contributed by atoms with Crippen LogP contribution in [0.4, 0.5) is 4.39 Å². The molecule has 0 bridgehead atoms. The number of amides is 2. The van der Waals surface area contributed by atoms with Crippen LogP contribution in [0.15, 0.2) is 47.5 Å². The van der Waals surface area contributed by atoms with Gasteiger partial charge in [0.15, 0.2) is 9.84 Å². The van der Waals surface area contributed by atoms with Gasteiger partial charge in [0.2, 0.25) is 5.95 Å². The minimum Gasteiger partial charge on any atom is -0.267 e. The summed E-state index contributed by atoms with van der Waals surface area (Å²) in [6, 6.07) is 8.51. The number of aromatic nitrogens is 1. The van der Waals surface area contributed by atoms with Gasteiger partial charge >= 0.3 is 0 Å². The van der Waals surface area contributed by atoms with Gasteiger partial charge in [0.05, 0.1) is 16.0 Å². The Hall–Kier alpha value is -2.81. The van der Waals surface area contributed by atoms with Crippen LogP contribution in [0.1, 0.15) is 27.1 Å². The van der Waals surface area contributed by atoms with Gasteiger partial charge in [-0.1, -0.05) is 12.1 Å². The second-order valence-corrected chi connectivity index (χ2v) is 7.80. The SMILES string of the molecule is CS(=O)(=O)c1ccccc1C(=O)N1CCCN1C(=O)c1cccnc1F. The molecule has 0 saturated carbocycles. The minimum absolute atomic E-state index is 0.0265. The van der Waals surface area contributed by atoms with Crippen molar-refractivity contribution in [3.8, 4) is 0 Å². The van der Waals surface area contributed by atoms with Crippen LogP contribution in [0.2, 0.25) is 0 Å². The Morgan fingerprint density at radius 2 is 1.58 bits per heavy atom. The van der Waals surface area contributed by atoms with E-state index in [-0.39, 0.29) is 29.1 Å². The lowest BCUT2D eigenvalue weighted by molar-refractivity contribution is 0.0180. The molecule has 0 aliphatic carbocycles. The van der Waals surface area contributed by atoms with Crippen LogP contribution in [0.3, 0.4) is 0 Å². The van der Waals surface area contributed by atoms with Crippen LogP contribution in [0.5, 0.6) is 0 Å². The van der Waals surface area contributed by atoms with E-state index in [1.54, 1.807) is 6.07 Å². The fraction of sp³-hybridized carbons (Fsp3) is 0.235. The van der Waals surface area contributed by atoms with Crippen molar-refractivity contribution < 1.29 is 22.4 Å². The fourth-order valence-electron chi connectivity index (χ4n) is 2.82. The fourth-order valence-corrected chi connectivity index (χ4v) is 3.70. The number of rotatable bonds is 3. The van der Waals surface area contributed by atoms with E-state index in [0.29, 0.717) is 6.42 Å². The maximum atomic E-state index is 13.8. The standard InChI is InChI=1S/C17H16FN3O4S/c1-26(24,25)14-8-3-2-6-12(14)16(22)20-10-5-11-21(20)17(23)13-7-4-9-19-15(13)18/h2-4,6-9H,5,10-11H2,1H3. The quantitative estimate of drug-likeness (QED) is 0.757. The maximum Gasteiger partial charge on any atom is 0.277 e. The van der Waals surface area contributed by atoms with E-state index in [1.807, 2.05) is 0 Å². The number of benzene rings is 1. The van der Waals surface area contributed by atoms with E-state index in [0.717, 1.165) is 16.3 Å². The molecule has 7 nitrogen and oxygen atoms in total. The normalized spacial score (nSPS) is 14.5. The van der Waals surface area contributed by atoms with Crippen molar-refractivity contribution >= 4 is 21.7 Å². The lowest BCUT2D eigenvalue weighted by Crippen LogP contribution is -2.45. The Morgan fingerprint density at radius 3 is 2.19 bits per heavy atom. The number of halogens is 1. The number of carbonyl (C=O) groups is 2. The first-order chi connectivity index (χ1) is 12.3. The predicted octanol–water partition coefficient (Wildman–Crippen LogP) is 1.53. The third kappa shape index (κ3) is 3.30. The van der Waals surface area contributed by atoms with Crippen LogP contribution >= 0.6 is 0 Å². The van der Waals surface area contributed by atoms with E-state index in [9.17, 15) is 22.4 Å². The van der Waals surface area contributed by atoms with E-state index in [1.165, 1.54) is 36.5 Å². The molecule has 9 heteroatoms. The topological polar surface area (TPSA) is 87.7 Å². The first-order valence-electron chi connectivity index (χ1n) is 7.84. The van der Waals surface area contributed by atoms with Crippen molar-refractivity contribution in [2.75, 3.05) is 19.3 Å². The molecule has 0 unspecified atom stereocenters. The van der Waals surface area contributed by atoms with Gasteiger partial charge in [-0.25, -0.2) is 23.4 Å². The molecule has 2 heterocycles. The summed E-state index contributed by atoms with van der Waals surface area (Å²) in [6.07, 6.45) is 2.73. The Labute approximate surface area is 149 Å². The molecule has 136 valence electrons. The van der Waals surface area contributed by atoms with Crippen LogP contribution in [-0.4, -0.2) is 54.6 Å². The number of hydrogen-bond acceptors (Lipinski definition) is 5. The third-order valence-electron chi connectivity index (χ3n) is 4.01. The molecule has 1 aromatic carbocycles. The molecule has 0 spiro atoms. The van der Waals surface area contributed by atoms with Gasteiger partial charge in [0, 0.05) is 25.5 Å². The van der Waals surface area contributed by atoms with Gasteiger partial charge in [-0.2, -0.15) is 4.39 Å². The smallest absolute Gasteiger partial charge is 0.267 e. The summed E-state index contributed by atoms with van der Waals surface area (Å²) in [7, 11) is -3.63. The Bertz CT molecular complexity index is 977. The zero-order valence-corrected chi connectivity index (χ0v) is 14.7. The summed E-state index contributed by atoms with van der Waals surface area (Å²) in [4.78, 5) is 28.9. The number of nitrogens with zero attached hydrogens (tertiary/aromatic N) is 3. The molecule has 0 atom stereocenters. The van der Waals surface area contributed by atoms with Crippen molar-refractivity contribution in [1.29, 1.82) is 0 Å². The number of hydrogen-bond donors (Lipinski definition) is 0. The average molecular weight is 377 g/mol. The molecule has 1 aliphatic heterocycles. The van der Waals surface area contributed by atoms with Crippen molar-refractivity contribution in [2.45, 2.75) is 11.3 Å². The molecule has 2 amide bonds. The molecule has 1 fully saturated rings. The van der Waals surface area contributed by atoms with Gasteiger partial charge in [-0.05, 0) is 30.7 Å². The van der Waals surface area contributed by atoms with E-state index in [2.05, 4.69) is 4.98 Å². The molecule has 1 saturated heterocycles. The number of hydrazine groups is 1. The van der Waals surface area contributed by atoms with Gasteiger partial charge in [0.1, 0.15) is 0 Å². The van der Waals surface area contributed by atoms with Crippen LogP contribution in [0.25, 0.3) is 0 Å². The molecule has 1 aliphatic rings. The average Bonchev–Trinajstić information content (AvgIpc) is 3.10. The second kappa shape index (κ2) is 6.83. The predicted molar refractivity (Wildman–Crippen MR) is 90.4 cm³/mol. The highest BCUT2D eigenvalue weighted by Crippen LogP contribution is 2.22. The number of carbonyl (C=O) groups excluding carboxylic acids is 2. The monoisotopic (exact) mass is 377 g/mol. The summed E-state index contributed by atoms with van der Waals surface area (Å²) in [6.45, 7) is 0.449. The van der Waals surface area contributed by atoms with Gasteiger partial charge in [-0.3, -0.25) is 9.59 Å². The van der Waals surface area contributed by atoms with Gasteiger partial charge in [-0.15, -0.1) is 0 Å². The molecule has 2 aromatic rings. The summed E-state index contributed by atoms with van der Waals surface area (Å²) in [5.41, 5.74) is -0.273. The van der Waals surface area contributed by atoms with Crippen molar-refractivity contribution in [3.05, 3.63) is 59.7 Å². The van der Waals surface area contributed by atoms with E-state index >= 15 is 0 Å². The zero-order valence-electron chi connectivity index (χ0n) is 13.9. The third-order valence-corrected chi connectivity index (χ3v) is 5.16. The van der Waals surface area contributed by atoms with Crippen LogP contribution < -0.4 is 0 Å². The molecule has 0 N–H and O–H groups in total. The van der Waals surface area contributed by atoms with E-state index in [4.69, 9.17) is 0 Å². The largest absolute Gasteiger partial charge is 0.277 e. The highest BCUT2D eigenvalue weighted by atomic mass is 32.2. The molecular weight excluding hydrogens is 361 g/mol. The minimum atomic E-state index is -3.63. The van der Waals surface area contributed by atoms with Gasteiger partial charge < -0.3 is 0 Å². The molecular formula is C17H16FN3O4S. The van der Waals surface area contributed by atoms with Gasteiger partial charge in [0.25, 0.3) is 11.8 Å². The highest BCUT2D eigenvalue weighted by Gasteiger charge is 2.34. The first kappa shape index (κ1) is 18.0. The lowest BCUT2D eigenvalue weighted by Gasteiger charge is -2.28. The van der Waals surface area contributed by atoms with Crippen LogP contribution in [-0.2, 0) is 9.84 Å². The number of pyridine rings is 1. The molecule has 3 rings (SSSR count). The van der Waals surface area contributed by atoms with Crippen molar-refractivity contribution in [2.24, 2.45) is 0 Å². The summed E-state index contributed by atoms with van der Waals surface area (Å²) < 4.78 is 37.7. The number of sulfone groups is 1. The summed E-state index contributed by atoms with van der Waals surface area (Å²) >= 11 is 0. The zero-order chi connectivity index (χ0) is 18.9. The summed E-state index contributed by atoms with van der Waals surface area (Å²) in [5.74, 6) is -2.24. The lowest BCUT2D eigenvalue weighted by atomic mass is 10.2. The maximum absolute atomic E-state index is 13.8. The summed E-state index contributed by atoms with van der Waals surface area (Å²) in [5, 5.41) is 2.28. The van der Waals surface area contributed by atoms with E-state index < -0.39 is 27.6 Å². The highest BCUT2D eigenvalue weighted by molar-refractivity contribution is 7.90. The second-order valence-electron chi connectivity index (χ2n) is 5.82. The van der Waals surface area contributed by atoms with Crippen molar-refractivity contribution in [3.63, 3.8) is 0 Å².